The molecule has 10 rings (SSSR count). The number of carbonyl (C=O) groups excluding carboxylic acids is 4. The van der Waals surface area contributed by atoms with Crippen LogP contribution in [0.1, 0.15) is 56.6 Å². The molecule has 4 heterocycles. The van der Waals surface area contributed by atoms with Gasteiger partial charge in [0.1, 0.15) is 23.7 Å². The third-order valence-electron chi connectivity index (χ3n) is 12.6. The fourth-order valence-electron chi connectivity index (χ4n) is 8.71. The van der Waals surface area contributed by atoms with E-state index < -0.39 is 5.91 Å². The molecule has 2 aliphatic carbocycles. The fraction of sp³-hybridized carbons (Fsp3) is 0.255. The van der Waals surface area contributed by atoms with Crippen molar-refractivity contribution >= 4 is 34.9 Å². The Kier molecular flexibility index (Phi) is 11.3. The summed E-state index contributed by atoms with van der Waals surface area (Å²) in [7, 11) is 0. The molecule has 4 aromatic carbocycles. The number of rotatable bonds is 10. The van der Waals surface area contributed by atoms with Gasteiger partial charge in [-0.1, -0.05) is 109 Å². The highest BCUT2D eigenvalue weighted by atomic mass is 16.5. The van der Waals surface area contributed by atoms with Gasteiger partial charge in [0, 0.05) is 33.3 Å². The quantitative estimate of drug-likeness (QED) is 0.129. The summed E-state index contributed by atoms with van der Waals surface area (Å²) in [5, 5.41) is 0. The van der Waals surface area contributed by atoms with Gasteiger partial charge in [-0.3, -0.25) is 29.0 Å². The summed E-state index contributed by atoms with van der Waals surface area (Å²) < 4.78 is 11.3. The summed E-state index contributed by atoms with van der Waals surface area (Å²) in [6.07, 6.45) is 6.32. The molecule has 0 radical (unpaired) electrons. The number of hydrogen-bond acceptors (Lipinski definition) is 10. The molecule has 0 atom stereocenters. The summed E-state index contributed by atoms with van der Waals surface area (Å²) in [6.45, 7) is 0.920. The first kappa shape index (κ1) is 42.1. The van der Waals surface area contributed by atoms with Crippen LogP contribution in [-0.2, 0) is 30.3 Å². The lowest BCUT2D eigenvalue weighted by atomic mass is 9.72. The number of hydrogen-bond donors (Lipinski definition) is 3. The van der Waals surface area contributed by atoms with Gasteiger partial charge in [-0.2, -0.15) is 0 Å². The highest BCUT2D eigenvalue weighted by Gasteiger charge is 2.36. The van der Waals surface area contributed by atoms with Crippen LogP contribution in [0.15, 0.2) is 121 Å². The predicted molar refractivity (Wildman–Crippen MR) is 245 cm³/mol. The van der Waals surface area contributed by atoms with Crippen LogP contribution in [0.5, 0.6) is 11.8 Å². The van der Waals surface area contributed by atoms with Crippen LogP contribution < -0.4 is 36.5 Å². The van der Waals surface area contributed by atoms with Gasteiger partial charge in [-0.05, 0) is 79.8 Å². The minimum absolute atomic E-state index is 0.00225. The van der Waals surface area contributed by atoms with E-state index >= 15 is 0 Å². The van der Waals surface area contributed by atoms with E-state index in [1.807, 2.05) is 97.1 Å². The zero-order valence-corrected chi connectivity index (χ0v) is 35.6. The lowest BCUT2D eigenvalue weighted by Gasteiger charge is -2.38. The number of primary amides is 1. The van der Waals surface area contributed by atoms with Crippen molar-refractivity contribution in [2.75, 3.05) is 36.1 Å². The molecule has 2 aromatic heterocycles. The first-order valence-electron chi connectivity index (χ1n) is 21.5. The second-order valence-electron chi connectivity index (χ2n) is 17.0. The van der Waals surface area contributed by atoms with Crippen molar-refractivity contribution in [3.63, 3.8) is 0 Å². The summed E-state index contributed by atoms with van der Waals surface area (Å²) in [5.74, 6) is -0.613. The second-order valence-corrected chi connectivity index (χ2v) is 17.0. The molecule has 64 heavy (non-hydrogen) atoms. The van der Waals surface area contributed by atoms with Gasteiger partial charge in [-0.15, -0.1) is 0 Å². The molecule has 0 bridgehead atoms. The Morgan fingerprint density at radius 2 is 0.969 bits per heavy atom. The maximum atomic E-state index is 12.5. The first-order valence-corrected chi connectivity index (χ1v) is 21.5. The predicted octanol–water partition coefficient (Wildman–Crippen LogP) is 7.03. The van der Waals surface area contributed by atoms with E-state index in [2.05, 4.69) is 24.3 Å². The Labute approximate surface area is 371 Å². The van der Waals surface area contributed by atoms with Crippen molar-refractivity contribution in [3.05, 3.63) is 132 Å². The van der Waals surface area contributed by atoms with Crippen molar-refractivity contribution in [2.24, 2.45) is 17.2 Å². The average Bonchev–Trinajstić information content (AvgIpc) is 3.29. The monoisotopic (exact) mass is 855 g/mol. The van der Waals surface area contributed by atoms with Crippen molar-refractivity contribution < 1.29 is 28.7 Å². The molecular weight excluding hydrogens is 807 g/mol. The lowest BCUT2D eigenvalue weighted by molar-refractivity contribution is -0.124. The minimum atomic E-state index is -0.598. The zero-order chi connectivity index (χ0) is 44.6. The Morgan fingerprint density at radius 3 is 1.31 bits per heavy atom. The van der Waals surface area contributed by atoms with E-state index in [4.69, 9.17) is 36.6 Å². The van der Waals surface area contributed by atoms with Gasteiger partial charge in [0.15, 0.2) is 13.2 Å². The lowest BCUT2D eigenvalue weighted by Crippen LogP contribution is -2.44. The number of carbonyl (C=O) groups is 4. The molecule has 0 spiro atoms. The number of amides is 3. The first-order chi connectivity index (χ1) is 30.9. The number of ketones is 1. The number of fused-ring (bicyclic) bond motifs is 2. The molecule has 3 amide bonds. The van der Waals surface area contributed by atoms with E-state index in [-0.39, 0.29) is 55.0 Å². The highest BCUT2D eigenvalue weighted by Crippen LogP contribution is 2.44. The van der Waals surface area contributed by atoms with Gasteiger partial charge in [0.2, 0.25) is 17.7 Å². The number of ether oxygens (including phenoxy) is 2. The van der Waals surface area contributed by atoms with Gasteiger partial charge in [-0.25, -0.2) is 9.97 Å². The van der Waals surface area contributed by atoms with Crippen molar-refractivity contribution in [3.8, 4) is 56.5 Å². The molecule has 2 aliphatic heterocycles. The highest BCUT2D eigenvalue weighted by molar-refractivity contribution is 6.04. The number of benzene rings is 4. The van der Waals surface area contributed by atoms with E-state index in [0.717, 1.165) is 94.4 Å². The van der Waals surface area contributed by atoms with Crippen molar-refractivity contribution in [1.29, 1.82) is 0 Å². The average molecular weight is 856 g/mol. The standard InChI is InChI=1S/C26H25N3O3.C25H24N4O3/c1-17(30)15-29-22-14-21(18-6-3-2-4-7-18)24(28-25(22)32-16-23(29)31)19-8-10-20(11-9-19)26(27)12-5-13-26;26-21(30)14-29-20-13-19(16-5-2-1-3-6-16)23(28-24(20)32-15-22(29)31)17-7-9-18(10-8-17)25(27)11-4-12-25/h2-4,6-11,14H,5,12-13,15-16,27H2,1H3;1-3,5-10,13H,4,11-12,14-15,27H2,(H2,26,30). The SMILES string of the molecule is CC(=O)CN1C(=O)COc2nc(-c3ccc(C4(N)CCC4)cc3)c(-c3ccccc3)cc21.NC(=O)CN1C(=O)COc2nc(-c3ccc(C4(N)CCC4)cc3)c(-c3ccccc3)cc21. The molecule has 6 N–H and O–H groups in total. The molecule has 4 aliphatic rings. The molecule has 2 saturated carbocycles. The summed E-state index contributed by atoms with van der Waals surface area (Å²) in [4.78, 5) is 60.6. The zero-order valence-electron chi connectivity index (χ0n) is 35.6. The molecule has 13 heteroatoms. The number of nitrogens with two attached hydrogens (primary N) is 3. The summed E-state index contributed by atoms with van der Waals surface area (Å²) >= 11 is 0. The molecule has 2 fully saturated rings. The number of anilines is 2. The third kappa shape index (κ3) is 8.23. The largest absolute Gasteiger partial charge is 0.466 e. The van der Waals surface area contributed by atoms with Gasteiger partial charge in [0.05, 0.1) is 17.9 Å². The van der Waals surface area contributed by atoms with E-state index in [9.17, 15) is 19.2 Å². The second kappa shape index (κ2) is 17.2. The van der Waals surface area contributed by atoms with Gasteiger partial charge >= 0.3 is 0 Å². The van der Waals surface area contributed by atoms with Crippen molar-refractivity contribution in [1.82, 2.24) is 9.97 Å². The Bertz CT molecular complexity index is 2560. The van der Waals surface area contributed by atoms with Crippen LogP contribution in [0.4, 0.5) is 11.4 Å². The molecule has 324 valence electrons. The Balaban J connectivity index is 0.000000162. The summed E-state index contributed by atoms with van der Waals surface area (Å²) in [6, 6.07) is 39.9. The Hall–Kier alpha value is -7.22. The molecule has 0 saturated heterocycles. The van der Waals surface area contributed by atoms with Crippen LogP contribution >= 0.6 is 0 Å². The molecular formula is C51H49N7O6. The van der Waals surface area contributed by atoms with Gasteiger partial charge in [0.25, 0.3) is 11.8 Å². The molecule has 13 nitrogen and oxygen atoms in total. The third-order valence-corrected chi connectivity index (χ3v) is 12.6. The van der Waals surface area contributed by atoms with E-state index in [0.29, 0.717) is 23.1 Å². The maximum absolute atomic E-state index is 12.5. The normalized spacial score (nSPS) is 16.7. The van der Waals surface area contributed by atoms with Crippen LogP contribution in [-0.4, -0.2) is 59.8 Å². The minimum Gasteiger partial charge on any atom is -0.466 e. The topological polar surface area (TPSA) is 197 Å². The van der Waals surface area contributed by atoms with Crippen LogP contribution in [0, 0.1) is 0 Å². The number of pyridine rings is 2. The van der Waals surface area contributed by atoms with E-state index in [1.54, 1.807) is 0 Å². The van der Waals surface area contributed by atoms with E-state index in [1.165, 1.54) is 16.7 Å². The fourth-order valence-corrected chi connectivity index (χ4v) is 8.71. The van der Waals surface area contributed by atoms with Gasteiger partial charge < -0.3 is 26.7 Å². The maximum Gasteiger partial charge on any atom is 0.265 e. The van der Waals surface area contributed by atoms with Crippen LogP contribution in [0.25, 0.3) is 44.8 Å². The summed E-state index contributed by atoms with van der Waals surface area (Å²) in [5.41, 5.74) is 28.1. The number of aromatic nitrogens is 2. The number of nitrogens with zero attached hydrogens (tertiary/aromatic N) is 4. The van der Waals surface area contributed by atoms with Crippen LogP contribution in [0.3, 0.4) is 0 Å². The molecule has 0 unspecified atom stereocenters. The Morgan fingerprint density at radius 1 is 0.578 bits per heavy atom. The molecule has 6 aromatic rings. The van der Waals surface area contributed by atoms with Crippen molar-refractivity contribution in [2.45, 2.75) is 56.5 Å². The number of Topliss-reactive ketones (excluding diaryl/α,β-unsaturated/α-hetero) is 1. The van der Waals surface area contributed by atoms with Crippen LogP contribution in [0.2, 0.25) is 0 Å². The smallest absolute Gasteiger partial charge is 0.265 e.